The Hall–Kier alpha value is -0.00558. The Bertz CT molecular complexity index is 49.7. The summed E-state index contributed by atoms with van der Waals surface area (Å²) in [6.07, 6.45) is 0. The monoisotopic (exact) mass is 288 g/mol. The van der Waals surface area contributed by atoms with Gasteiger partial charge < -0.3 is 29.7 Å². The van der Waals surface area contributed by atoms with Crippen LogP contribution >= 0.6 is 0 Å². The van der Waals surface area contributed by atoms with E-state index in [9.17, 15) is 0 Å². The summed E-state index contributed by atoms with van der Waals surface area (Å²) < 4.78 is 0. The van der Waals surface area contributed by atoms with Gasteiger partial charge in [0.25, 0.3) is 0 Å². The molecule has 0 saturated carbocycles. The first-order valence-corrected chi connectivity index (χ1v) is 1.28. The quantitative estimate of drug-likeness (QED) is 0.484. The molecule has 0 aliphatic carbocycles. The summed E-state index contributed by atoms with van der Waals surface area (Å²) in [5.41, 5.74) is 0. The van der Waals surface area contributed by atoms with Crippen LogP contribution in [0, 0.1) is 49.4 Å². The maximum absolute atomic E-state index is 8.24. The van der Waals surface area contributed by atoms with Gasteiger partial charge in [0, 0.05) is 0 Å². The molecule has 0 aromatic carbocycles. The molecule has 0 rings (SSSR count). The van der Waals surface area contributed by atoms with Crippen molar-refractivity contribution in [2.24, 2.45) is 0 Å². The third kappa shape index (κ3) is 12500000. The molecule has 0 aromatic heterocycles. The minimum absolute atomic E-state index is 0. The molecule has 10 heavy (non-hydrogen) atoms. The van der Waals surface area contributed by atoms with E-state index in [4.69, 9.17) is 29.7 Å². The summed E-state index contributed by atoms with van der Waals surface area (Å²) in [6.45, 7) is 1.50. The second kappa shape index (κ2) is 64.1. The van der Waals surface area contributed by atoms with Crippen LogP contribution in [0.5, 0.6) is 0 Å². The number of rotatable bonds is 0. The summed E-state index contributed by atoms with van der Waals surface area (Å²) in [7, 11) is 0. The molecule has 6 nitrogen and oxygen atoms in total. The van der Waals surface area contributed by atoms with Crippen molar-refractivity contribution in [2.75, 3.05) is 0 Å². The van der Waals surface area contributed by atoms with E-state index in [0.717, 1.165) is 0 Å². The fourth-order valence-electron chi connectivity index (χ4n) is 0. The first kappa shape index (κ1) is 22.5. The van der Waals surface area contributed by atoms with Gasteiger partial charge in [-0.15, -0.1) is 0 Å². The zero-order valence-corrected chi connectivity index (χ0v) is 6.87. The van der Waals surface area contributed by atoms with E-state index in [-0.39, 0.29) is 49.4 Å². The van der Waals surface area contributed by atoms with E-state index in [1.165, 1.54) is 0 Å². The fraction of sp³-hybridized carbons (Fsp3) is 0. The van der Waals surface area contributed by atoms with Crippen LogP contribution < -0.4 is 0 Å². The van der Waals surface area contributed by atoms with E-state index in [1.54, 1.807) is 0 Å². The van der Waals surface area contributed by atoms with Crippen LogP contribution in [0.1, 0.15) is 0 Å². The molecule has 0 radical (unpaired) electrons. The summed E-state index contributed by atoms with van der Waals surface area (Å²) in [5, 5.41) is 20.3. The van der Waals surface area contributed by atoms with Gasteiger partial charge >= 0.3 is 49.4 Å². The van der Waals surface area contributed by atoms with Crippen LogP contribution in [0.4, 0.5) is 0 Å². The molecule has 0 unspecified atom stereocenters. The average molecular weight is 287 g/mol. The van der Waals surface area contributed by atoms with Crippen LogP contribution in [0.3, 0.4) is 0 Å². The summed E-state index contributed by atoms with van der Waals surface area (Å²) >= 11 is 0. The van der Waals surface area contributed by atoms with E-state index in [1.807, 2.05) is 0 Å². The Balaban J connectivity index is -0.0000000257. The molecule has 0 saturated heterocycles. The molecular weight excluding hydrogens is 284 g/mol. The predicted octanol–water partition coefficient (Wildman–Crippen LogP) is -1.17. The molecule has 0 bridgehead atoms. The van der Waals surface area contributed by atoms with Crippen molar-refractivity contribution in [2.45, 2.75) is 0 Å². The van der Waals surface area contributed by atoms with Crippen LogP contribution in [0.25, 0.3) is 0 Å². The molecule has 0 spiro atoms. The second-order valence-electron chi connectivity index (χ2n) is 0.274. The van der Waals surface area contributed by atoms with Crippen molar-refractivity contribution < 1.29 is 79.1 Å². The van der Waals surface area contributed by atoms with Gasteiger partial charge in [-0.25, -0.2) is 0 Å². The first-order valence-electron chi connectivity index (χ1n) is 1.28. The zero-order chi connectivity index (χ0) is 8.12. The van der Waals surface area contributed by atoms with Gasteiger partial charge in [-0.3, -0.25) is 0 Å². The second-order valence-corrected chi connectivity index (χ2v) is 0.274. The molecule has 7 heteroatoms. The molecule has 0 aliphatic rings. The number of hydrogen-bond acceptors (Lipinski definition) is 3. The Labute approximate surface area is 97.4 Å². The van der Waals surface area contributed by atoms with Crippen LogP contribution in [-0.4, -0.2) is 34.7 Å². The maximum atomic E-state index is 8.24. The standard InChI is InChI=1S/3CHO2.Eu/c3*2-1-3;/h3*(H,2,3);/q3*-1;+3. The molecule has 0 heterocycles. The van der Waals surface area contributed by atoms with Crippen molar-refractivity contribution in [1.82, 2.24) is 0 Å². The normalized spacial score (nSPS) is 3.60. The Kier molecular flexibility index (Phi) is 144. The zero-order valence-electron chi connectivity index (χ0n) is 4.44. The van der Waals surface area contributed by atoms with Gasteiger partial charge in [0.2, 0.25) is 0 Å². The van der Waals surface area contributed by atoms with Gasteiger partial charge in [-0.2, -0.15) is 0 Å². The third-order valence-electron chi connectivity index (χ3n) is 0. The molecule has 0 atom stereocenters. The van der Waals surface area contributed by atoms with Crippen molar-refractivity contribution in [3.05, 3.63) is 0 Å². The van der Waals surface area contributed by atoms with E-state index < -0.39 is 0 Å². The van der Waals surface area contributed by atoms with Crippen molar-refractivity contribution in [1.29, 1.82) is 0 Å². The van der Waals surface area contributed by atoms with Gasteiger partial charge in [0.05, 0.1) is 0 Å². The largest absolute Gasteiger partial charge is 3.00 e. The van der Waals surface area contributed by atoms with Crippen molar-refractivity contribution in [3.63, 3.8) is 0 Å². The molecule has 58 valence electrons. The fourth-order valence-corrected chi connectivity index (χ4v) is 0. The summed E-state index contributed by atoms with van der Waals surface area (Å²) in [4.78, 5) is 24.7. The van der Waals surface area contributed by atoms with Gasteiger partial charge in [-0.05, 0) is 0 Å². The molecule has 0 amide bonds. The molecule has 3 N–H and O–H groups in total. The average Bonchev–Trinajstić information content (AvgIpc) is 1.70. The summed E-state index contributed by atoms with van der Waals surface area (Å²) in [5.74, 6) is 0. The van der Waals surface area contributed by atoms with E-state index >= 15 is 0 Å². The Morgan fingerprint density at radius 1 is 0.700 bits per heavy atom. The van der Waals surface area contributed by atoms with Crippen LogP contribution in [0.2, 0.25) is 0 Å². The van der Waals surface area contributed by atoms with E-state index in [0.29, 0.717) is 19.4 Å². The number of hydrogen-bond donors (Lipinski definition) is 3. The minimum Gasteiger partial charge on any atom is -0.665 e. The molecular formula is C3H3EuO6. The Morgan fingerprint density at radius 3 is 0.700 bits per heavy atom. The van der Waals surface area contributed by atoms with Crippen molar-refractivity contribution >= 4 is 19.4 Å². The number of aliphatic hydroxyl groups excluding tert-OH is 3. The Morgan fingerprint density at radius 2 is 0.700 bits per heavy atom. The SMILES string of the molecule is O=[C-]O.O=[C-]O.O=[C-]O.[Eu+3]. The molecule has 0 aliphatic heterocycles. The topological polar surface area (TPSA) is 112 Å². The van der Waals surface area contributed by atoms with Gasteiger partial charge in [0.1, 0.15) is 0 Å². The van der Waals surface area contributed by atoms with Crippen LogP contribution in [-0.2, 0) is 14.4 Å². The summed E-state index contributed by atoms with van der Waals surface area (Å²) in [6, 6.07) is 0. The minimum atomic E-state index is 0. The van der Waals surface area contributed by atoms with Gasteiger partial charge in [0.15, 0.2) is 0 Å². The van der Waals surface area contributed by atoms with Gasteiger partial charge in [-0.1, -0.05) is 19.4 Å². The predicted molar refractivity (Wildman–Crippen MR) is 25.0 cm³/mol. The van der Waals surface area contributed by atoms with Crippen molar-refractivity contribution in [3.8, 4) is 0 Å². The third-order valence-corrected chi connectivity index (χ3v) is 0. The first-order chi connectivity index (χ1) is 4.24. The smallest absolute Gasteiger partial charge is 0.665 e. The molecule has 0 aromatic rings. The molecule has 0 fully saturated rings. The maximum Gasteiger partial charge on any atom is 3.00 e. The van der Waals surface area contributed by atoms with Crippen LogP contribution in [0.15, 0.2) is 0 Å². The van der Waals surface area contributed by atoms with E-state index in [2.05, 4.69) is 0 Å².